The quantitative estimate of drug-likeness (QED) is 0.461. The molecule has 35 valence electrons. The van der Waals surface area contributed by atoms with E-state index in [1.807, 2.05) is 0 Å². The monoisotopic (exact) mass is 85.1 g/mol. The summed E-state index contributed by atoms with van der Waals surface area (Å²) in [6.45, 7) is 0. The Morgan fingerprint density at radius 3 is 2.33 bits per heavy atom. The van der Waals surface area contributed by atoms with Crippen LogP contribution in [0.1, 0.15) is 12.8 Å². The predicted octanol–water partition coefficient (Wildman–Crippen LogP) is 0.999. The first-order valence-electron chi connectivity index (χ1n) is 2.28. The lowest BCUT2D eigenvalue weighted by atomic mass is 9.96. The molecule has 1 aliphatic carbocycles. The van der Waals surface area contributed by atoms with Crippen molar-refractivity contribution in [3.05, 3.63) is 6.42 Å². The van der Waals surface area contributed by atoms with Crippen LogP contribution in [0.3, 0.4) is 0 Å². The first-order chi connectivity index (χ1) is 2.93. The summed E-state index contributed by atoms with van der Waals surface area (Å²) in [5.41, 5.74) is 0. The molecule has 0 saturated heterocycles. The van der Waals surface area contributed by atoms with E-state index < -0.39 is 0 Å². The summed E-state index contributed by atoms with van der Waals surface area (Å²) in [6.07, 6.45) is 5.12. The van der Waals surface area contributed by atoms with Gasteiger partial charge < -0.3 is 4.74 Å². The van der Waals surface area contributed by atoms with Crippen molar-refractivity contribution in [1.82, 2.24) is 0 Å². The van der Waals surface area contributed by atoms with E-state index in [0.717, 1.165) is 12.8 Å². The van der Waals surface area contributed by atoms with Crippen LogP contribution in [0.15, 0.2) is 0 Å². The highest BCUT2D eigenvalue weighted by atomic mass is 16.5. The van der Waals surface area contributed by atoms with Crippen LogP contribution in [0.2, 0.25) is 0 Å². The maximum atomic E-state index is 4.95. The fourth-order valence-electron chi connectivity index (χ4n) is 0.495. The molecule has 0 unspecified atom stereocenters. The summed E-state index contributed by atoms with van der Waals surface area (Å²) in [7, 11) is 1.76. The average molecular weight is 85.1 g/mol. The van der Waals surface area contributed by atoms with Gasteiger partial charge in [0.15, 0.2) is 0 Å². The summed E-state index contributed by atoms with van der Waals surface area (Å²) in [4.78, 5) is 0. The van der Waals surface area contributed by atoms with Crippen LogP contribution in [0.4, 0.5) is 0 Å². The van der Waals surface area contributed by atoms with E-state index in [-0.39, 0.29) is 0 Å². The van der Waals surface area contributed by atoms with Crippen LogP contribution in [0, 0.1) is 6.42 Å². The molecule has 1 heteroatoms. The number of hydrogen-bond acceptors (Lipinski definition) is 1. The van der Waals surface area contributed by atoms with Gasteiger partial charge in [-0.25, -0.2) is 0 Å². The van der Waals surface area contributed by atoms with Gasteiger partial charge in [-0.2, -0.15) is 0 Å². The molecule has 1 rings (SSSR count). The maximum absolute atomic E-state index is 4.95. The Morgan fingerprint density at radius 1 is 1.67 bits per heavy atom. The molecule has 6 heavy (non-hydrogen) atoms. The van der Waals surface area contributed by atoms with Gasteiger partial charge in [-0.1, -0.05) is 0 Å². The van der Waals surface area contributed by atoms with Gasteiger partial charge in [-0.3, -0.25) is 0 Å². The van der Waals surface area contributed by atoms with E-state index in [0.29, 0.717) is 6.10 Å². The lowest BCUT2D eigenvalue weighted by molar-refractivity contribution is 0.0697. The maximum Gasteiger partial charge on any atom is 0.0576 e. The summed E-state index contributed by atoms with van der Waals surface area (Å²) in [6, 6.07) is 0. The second-order valence-corrected chi connectivity index (χ2v) is 1.62. The average Bonchev–Trinajstić information content (AvgIpc) is 1.31. The van der Waals surface area contributed by atoms with Crippen molar-refractivity contribution < 1.29 is 4.74 Å². The molecular weight excluding hydrogens is 76.1 g/mol. The summed E-state index contributed by atoms with van der Waals surface area (Å²) in [5, 5.41) is 0. The molecule has 1 aliphatic rings. The van der Waals surface area contributed by atoms with Crippen molar-refractivity contribution >= 4 is 0 Å². The lowest BCUT2D eigenvalue weighted by Gasteiger charge is -2.22. The summed E-state index contributed by atoms with van der Waals surface area (Å²) >= 11 is 0. The van der Waals surface area contributed by atoms with Crippen molar-refractivity contribution in [2.75, 3.05) is 7.11 Å². The fraction of sp³-hybridized carbons (Fsp3) is 0.800. The largest absolute Gasteiger partial charge is 0.381 e. The third-order valence-corrected chi connectivity index (χ3v) is 1.19. The topological polar surface area (TPSA) is 9.23 Å². The molecule has 0 atom stereocenters. The highest BCUT2D eigenvalue weighted by Gasteiger charge is 2.15. The van der Waals surface area contributed by atoms with E-state index in [9.17, 15) is 0 Å². The van der Waals surface area contributed by atoms with E-state index in [4.69, 9.17) is 4.74 Å². The number of methoxy groups -OCH3 is 1. The van der Waals surface area contributed by atoms with Gasteiger partial charge in [0.1, 0.15) is 0 Å². The number of ether oxygens (including phenoxy) is 1. The van der Waals surface area contributed by atoms with Gasteiger partial charge in [-0.15, -0.1) is 0 Å². The van der Waals surface area contributed by atoms with Gasteiger partial charge >= 0.3 is 0 Å². The van der Waals surface area contributed by atoms with E-state index in [1.54, 1.807) is 7.11 Å². The van der Waals surface area contributed by atoms with Crippen molar-refractivity contribution in [1.29, 1.82) is 0 Å². The highest BCUT2D eigenvalue weighted by Crippen LogP contribution is 2.18. The Labute approximate surface area is 38.3 Å². The van der Waals surface area contributed by atoms with Gasteiger partial charge in [-0.05, 0) is 19.3 Å². The molecule has 1 radical (unpaired) electrons. The minimum atomic E-state index is 0.560. The minimum Gasteiger partial charge on any atom is -0.381 e. The number of hydrogen-bond donors (Lipinski definition) is 0. The van der Waals surface area contributed by atoms with Crippen molar-refractivity contribution in [3.63, 3.8) is 0 Å². The van der Waals surface area contributed by atoms with Gasteiger partial charge in [0.05, 0.1) is 6.10 Å². The van der Waals surface area contributed by atoms with Crippen LogP contribution in [-0.4, -0.2) is 13.2 Å². The van der Waals surface area contributed by atoms with Crippen molar-refractivity contribution in [3.8, 4) is 0 Å². The van der Waals surface area contributed by atoms with Crippen LogP contribution in [0.5, 0.6) is 0 Å². The molecule has 0 aromatic rings. The zero-order valence-corrected chi connectivity index (χ0v) is 3.98. The standard InChI is InChI=1S/C5H9O/c1-6-5-3-2-4-5/h2,5H,3-4H2,1H3. The van der Waals surface area contributed by atoms with E-state index in [2.05, 4.69) is 6.42 Å². The third-order valence-electron chi connectivity index (χ3n) is 1.19. The van der Waals surface area contributed by atoms with Gasteiger partial charge in [0.25, 0.3) is 0 Å². The van der Waals surface area contributed by atoms with Crippen molar-refractivity contribution in [2.24, 2.45) is 0 Å². The van der Waals surface area contributed by atoms with Crippen molar-refractivity contribution in [2.45, 2.75) is 18.9 Å². The molecule has 0 aliphatic heterocycles. The molecule has 1 saturated carbocycles. The van der Waals surface area contributed by atoms with Crippen LogP contribution < -0.4 is 0 Å². The van der Waals surface area contributed by atoms with Gasteiger partial charge in [0.2, 0.25) is 0 Å². The highest BCUT2D eigenvalue weighted by molar-refractivity contribution is 4.85. The van der Waals surface area contributed by atoms with Crippen LogP contribution in [0.25, 0.3) is 0 Å². The second-order valence-electron chi connectivity index (χ2n) is 1.62. The summed E-state index contributed by atoms with van der Waals surface area (Å²) < 4.78 is 4.95. The molecule has 0 N–H and O–H groups in total. The van der Waals surface area contributed by atoms with Crippen LogP contribution >= 0.6 is 0 Å². The zero-order chi connectivity index (χ0) is 4.41. The van der Waals surface area contributed by atoms with Gasteiger partial charge in [0, 0.05) is 7.11 Å². The van der Waals surface area contributed by atoms with E-state index in [1.165, 1.54) is 0 Å². The first-order valence-corrected chi connectivity index (χ1v) is 2.28. The SMILES string of the molecule is COC1C[CH]C1. The molecule has 0 aromatic heterocycles. The normalized spacial score (nSPS) is 23.5. The molecule has 0 bridgehead atoms. The Balaban J connectivity index is 2.01. The molecule has 1 fully saturated rings. The molecular formula is C5H9O. The molecule has 0 spiro atoms. The van der Waals surface area contributed by atoms with Crippen LogP contribution in [-0.2, 0) is 4.74 Å². The minimum absolute atomic E-state index is 0.560. The molecule has 0 amide bonds. The Bertz CT molecular complexity index is 36.4. The smallest absolute Gasteiger partial charge is 0.0576 e. The molecule has 0 heterocycles. The Kier molecular flexibility index (Phi) is 1.10. The molecule has 1 nitrogen and oxygen atoms in total. The predicted molar refractivity (Wildman–Crippen MR) is 24.3 cm³/mol. The summed E-state index contributed by atoms with van der Waals surface area (Å²) in [5.74, 6) is 0. The Hall–Kier alpha value is -0.0400. The fourth-order valence-corrected chi connectivity index (χ4v) is 0.495. The molecule has 0 aromatic carbocycles. The Morgan fingerprint density at radius 2 is 2.33 bits per heavy atom. The zero-order valence-electron chi connectivity index (χ0n) is 3.98. The lowest BCUT2D eigenvalue weighted by Crippen LogP contribution is -2.19. The van der Waals surface area contributed by atoms with E-state index >= 15 is 0 Å². The second kappa shape index (κ2) is 1.61. The first kappa shape index (κ1) is 4.13. The number of rotatable bonds is 1. The third kappa shape index (κ3) is 0.548.